The number of hydrogen-bond donors (Lipinski definition) is 2. The van der Waals surface area contributed by atoms with Gasteiger partial charge in [0.25, 0.3) is 11.8 Å². The summed E-state index contributed by atoms with van der Waals surface area (Å²) in [7, 11) is 3.38. The Hall–Kier alpha value is -4.64. The van der Waals surface area contributed by atoms with Crippen molar-refractivity contribution in [2.24, 2.45) is 5.10 Å². The summed E-state index contributed by atoms with van der Waals surface area (Å²) in [5, 5.41) is 11.7. The maximum Gasteiger partial charge on any atom is 0.259 e. The van der Waals surface area contributed by atoms with E-state index in [-0.39, 0.29) is 17.2 Å². The third-order valence-corrected chi connectivity index (χ3v) is 5.03. The van der Waals surface area contributed by atoms with Crippen molar-refractivity contribution in [2.75, 3.05) is 31.3 Å². The van der Waals surface area contributed by atoms with Gasteiger partial charge in [0.15, 0.2) is 0 Å². The molecule has 0 aliphatic rings. The van der Waals surface area contributed by atoms with Crippen LogP contribution in [0.1, 0.15) is 45.2 Å². The fourth-order valence-electron chi connectivity index (χ4n) is 3.21. The van der Waals surface area contributed by atoms with Gasteiger partial charge in [0.2, 0.25) is 0 Å². The molecule has 3 aromatic rings. The number of carbonyl (C=O) groups is 2. The number of hydrogen-bond acceptors (Lipinski definition) is 6. The number of methoxy groups -OCH3 is 1. The highest BCUT2D eigenvalue weighted by Crippen LogP contribution is 2.29. The molecule has 0 saturated carbocycles. The zero-order valence-corrected chi connectivity index (χ0v) is 19.9. The Morgan fingerprint density at radius 3 is 2.51 bits per heavy atom. The van der Waals surface area contributed by atoms with E-state index >= 15 is 0 Å². The Kier molecular flexibility index (Phi) is 8.57. The lowest BCUT2D eigenvalue weighted by Crippen LogP contribution is -2.19. The average Bonchev–Trinajstić information content (AvgIpc) is 2.88. The van der Waals surface area contributed by atoms with Crippen LogP contribution in [-0.4, -0.2) is 48.7 Å². The second-order valence-electron chi connectivity index (χ2n) is 7.62. The van der Waals surface area contributed by atoms with E-state index in [4.69, 9.17) is 11.2 Å². The second-order valence-corrected chi connectivity index (χ2v) is 7.62. The van der Waals surface area contributed by atoms with Crippen molar-refractivity contribution >= 4 is 29.5 Å². The third kappa shape index (κ3) is 6.68. The minimum Gasteiger partial charge on any atom is -0.495 e. The molecule has 0 bridgehead atoms. The zero-order valence-electron chi connectivity index (χ0n) is 19.9. The Morgan fingerprint density at radius 1 is 1.11 bits per heavy atom. The van der Waals surface area contributed by atoms with Crippen molar-refractivity contribution < 1.29 is 14.3 Å². The molecule has 0 unspecified atom stereocenters. The molecule has 0 fully saturated rings. The number of ether oxygens (including phenoxy) is 1. The van der Waals surface area contributed by atoms with Gasteiger partial charge in [-0.1, -0.05) is 31.0 Å². The van der Waals surface area contributed by atoms with Gasteiger partial charge in [0.1, 0.15) is 11.6 Å². The van der Waals surface area contributed by atoms with E-state index < -0.39 is 5.91 Å². The molecule has 3 rings (SSSR count). The van der Waals surface area contributed by atoms with Crippen LogP contribution in [0.3, 0.4) is 0 Å². The molecule has 0 aliphatic heterocycles. The van der Waals surface area contributed by atoms with Gasteiger partial charge in [0, 0.05) is 30.9 Å². The number of carbonyl (C=O) groups excluding carboxylic acids is 2. The van der Waals surface area contributed by atoms with Crippen LogP contribution in [-0.2, 0) is 0 Å². The highest BCUT2D eigenvalue weighted by atomic mass is 16.5. The summed E-state index contributed by atoms with van der Waals surface area (Å²) in [6.07, 6.45) is 9.58. The Morgan fingerprint density at radius 2 is 1.89 bits per heavy atom. The van der Waals surface area contributed by atoms with Crippen molar-refractivity contribution in [3.8, 4) is 18.1 Å². The van der Waals surface area contributed by atoms with Crippen molar-refractivity contribution in [1.82, 2.24) is 9.99 Å². The van der Waals surface area contributed by atoms with Crippen LogP contribution in [0.2, 0.25) is 0 Å². The SMILES string of the molecule is C#Cc1ccc(NC(=O)c2cccc(OC)c2NC(=O)c2ccc(C=NN(C)CCC)cc2)nc1. The highest BCUT2D eigenvalue weighted by Gasteiger charge is 2.19. The maximum atomic E-state index is 13.0. The fraction of sp³-hybridized carbons (Fsp3) is 0.185. The number of nitrogens with zero attached hydrogens (tertiary/aromatic N) is 3. The summed E-state index contributed by atoms with van der Waals surface area (Å²) in [6.45, 7) is 2.95. The first-order valence-electron chi connectivity index (χ1n) is 11.0. The number of para-hydroxylation sites is 1. The summed E-state index contributed by atoms with van der Waals surface area (Å²) in [5.41, 5.74) is 2.37. The molecule has 1 aromatic heterocycles. The molecule has 0 atom stereocenters. The van der Waals surface area contributed by atoms with E-state index in [1.54, 1.807) is 60.8 Å². The Balaban J connectivity index is 1.78. The van der Waals surface area contributed by atoms with Gasteiger partial charge in [-0.15, -0.1) is 6.42 Å². The number of pyridine rings is 1. The van der Waals surface area contributed by atoms with Gasteiger partial charge in [-0.2, -0.15) is 5.10 Å². The molecule has 35 heavy (non-hydrogen) atoms. The van der Waals surface area contributed by atoms with Crippen LogP contribution >= 0.6 is 0 Å². The van der Waals surface area contributed by atoms with Crippen LogP contribution in [0.5, 0.6) is 5.75 Å². The van der Waals surface area contributed by atoms with Gasteiger partial charge >= 0.3 is 0 Å². The highest BCUT2D eigenvalue weighted by molar-refractivity contribution is 6.13. The molecule has 0 saturated heterocycles. The van der Waals surface area contributed by atoms with Gasteiger partial charge in [-0.05, 0) is 48.4 Å². The van der Waals surface area contributed by atoms with Crippen molar-refractivity contribution in [3.63, 3.8) is 0 Å². The maximum absolute atomic E-state index is 13.0. The smallest absolute Gasteiger partial charge is 0.259 e. The molecule has 2 amide bonds. The molecule has 0 spiro atoms. The lowest BCUT2D eigenvalue weighted by molar-refractivity contribution is 0.102. The zero-order chi connectivity index (χ0) is 25.2. The predicted molar refractivity (Wildman–Crippen MR) is 138 cm³/mol. The van der Waals surface area contributed by atoms with Crippen LogP contribution in [0.25, 0.3) is 0 Å². The third-order valence-electron chi connectivity index (χ3n) is 5.03. The van der Waals surface area contributed by atoms with Gasteiger partial charge < -0.3 is 20.4 Å². The minimum absolute atomic E-state index is 0.225. The van der Waals surface area contributed by atoms with E-state index in [2.05, 4.69) is 33.6 Å². The van der Waals surface area contributed by atoms with Crippen LogP contribution in [0.4, 0.5) is 11.5 Å². The number of terminal acetylenes is 1. The average molecular weight is 470 g/mol. The molecule has 178 valence electrons. The summed E-state index contributed by atoms with van der Waals surface area (Å²) in [5.74, 6) is 2.31. The fourth-order valence-corrected chi connectivity index (χ4v) is 3.21. The first-order chi connectivity index (χ1) is 16.9. The quantitative estimate of drug-likeness (QED) is 0.277. The summed E-state index contributed by atoms with van der Waals surface area (Å²) in [4.78, 5) is 30.1. The number of aromatic nitrogens is 1. The van der Waals surface area contributed by atoms with Gasteiger partial charge in [0.05, 0.1) is 24.6 Å². The molecule has 2 aromatic carbocycles. The first kappa shape index (κ1) is 25.0. The second kappa shape index (κ2) is 12.0. The molecule has 0 aliphatic carbocycles. The number of nitrogens with one attached hydrogen (secondary N) is 2. The van der Waals surface area contributed by atoms with Crippen molar-refractivity contribution in [2.45, 2.75) is 13.3 Å². The summed E-state index contributed by atoms with van der Waals surface area (Å²) in [6, 6.07) is 15.2. The number of rotatable bonds is 9. The van der Waals surface area contributed by atoms with E-state index in [0.717, 1.165) is 18.5 Å². The number of hydrazone groups is 1. The molecule has 8 nitrogen and oxygen atoms in total. The minimum atomic E-state index is -0.456. The topological polar surface area (TPSA) is 95.9 Å². The molecule has 2 N–H and O–H groups in total. The van der Waals surface area contributed by atoms with Crippen LogP contribution in [0.15, 0.2) is 65.9 Å². The van der Waals surface area contributed by atoms with E-state index in [1.807, 2.05) is 12.1 Å². The van der Waals surface area contributed by atoms with Gasteiger partial charge in [-0.3, -0.25) is 9.59 Å². The molecule has 1 heterocycles. The normalized spacial score (nSPS) is 10.5. The predicted octanol–water partition coefficient (Wildman–Crippen LogP) is 4.25. The number of anilines is 2. The van der Waals surface area contributed by atoms with Gasteiger partial charge in [-0.25, -0.2) is 4.98 Å². The van der Waals surface area contributed by atoms with Crippen LogP contribution in [0, 0.1) is 12.3 Å². The Bertz CT molecular complexity index is 1250. The largest absolute Gasteiger partial charge is 0.495 e. The monoisotopic (exact) mass is 469 g/mol. The van der Waals surface area contributed by atoms with Crippen LogP contribution < -0.4 is 15.4 Å². The number of benzene rings is 2. The Labute approximate surface area is 205 Å². The molecular formula is C27H27N5O3. The lowest BCUT2D eigenvalue weighted by atomic mass is 10.1. The first-order valence-corrected chi connectivity index (χ1v) is 11.0. The summed E-state index contributed by atoms with van der Waals surface area (Å²) >= 11 is 0. The molecule has 8 heteroatoms. The lowest BCUT2D eigenvalue weighted by Gasteiger charge is -2.15. The summed E-state index contributed by atoms with van der Waals surface area (Å²) < 4.78 is 5.39. The van der Waals surface area contributed by atoms with E-state index in [0.29, 0.717) is 22.7 Å². The van der Waals surface area contributed by atoms with E-state index in [9.17, 15) is 9.59 Å². The van der Waals surface area contributed by atoms with Crippen molar-refractivity contribution in [1.29, 1.82) is 0 Å². The van der Waals surface area contributed by atoms with E-state index in [1.165, 1.54) is 13.3 Å². The van der Waals surface area contributed by atoms with Crippen molar-refractivity contribution in [3.05, 3.63) is 83.0 Å². The molecular weight excluding hydrogens is 442 g/mol. The number of amides is 2. The standard InChI is InChI=1S/C27H27N5O3/c1-5-16-32(3)29-18-20-10-13-21(14-11-20)26(33)31-25-22(8-7-9-23(25)35-4)27(34)30-24-15-12-19(6-2)17-28-24/h2,7-15,17-18H,5,16H2,1,3-4H3,(H,31,33)(H,28,30,34). The molecule has 0 radical (unpaired) electrons.